The number of sulfonamides is 1. The molecule has 0 atom stereocenters. The molecule has 2 aromatic rings. The molecular weight excluding hydrogens is 290 g/mol. The zero-order valence-corrected chi connectivity index (χ0v) is 12.9. The number of pyridine rings is 1. The maximum absolute atomic E-state index is 12.4. The second kappa shape index (κ2) is 6.04. The van der Waals surface area contributed by atoms with Gasteiger partial charge in [-0.05, 0) is 32.9 Å². The van der Waals surface area contributed by atoms with E-state index >= 15 is 0 Å². The molecule has 21 heavy (non-hydrogen) atoms. The van der Waals surface area contributed by atoms with E-state index in [9.17, 15) is 8.42 Å². The molecule has 0 saturated heterocycles. The van der Waals surface area contributed by atoms with Crippen molar-refractivity contribution in [2.45, 2.75) is 25.7 Å². The monoisotopic (exact) mass is 307 g/mol. The molecule has 0 aromatic carbocycles. The van der Waals surface area contributed by atoms with Gasteiger partial charge in [0.2, 0.25) is 5.95 Å². The molecule has 0 aliphatic rings. The van der Waals surface area contributed by atoms with Gasteiger partial charge in [0.15, 0.2) is 0 Å². The summed E-state index contributed by atoms with van der Waals surface area (Å²) in [5.74, 6) is 0.0544. The Morgan fingerprint density at radius 3 is 2.48 bits per heavy atom. The van der Waals surface area contributed by atoms with E-state index in [2.05, 4.69) is 25.0 Å². The van der Waals surface area contributed by atoms with Crippen molar-refractivity contribution in [2.24, 2.45) is 0 Å². The molecule has 0 radical (unpaired) electrons. The van der Waals surface area contributed by atoms with Crippen molar-refractivity contribution in [1.29, 1.82) is 0 Å². The zero-order chi connectivity index (χ0) is 15.5. The van der Waals surface area contributed by atoms with E-state index in [4.69, 9.17) is 0 Å². The average Bonchev–Trinajstić information content (AvgIpc) is 2.37. The normalized spacial score (nSPS) is 11.2. The van der Waals surface area contributed by atoms with Crippen LogP contribution >= 0.6 is 0 Å². The summed E-state index contributed by atoms with van der Waals surface area (Å²) < 4.78 is 27.3. The molecule has 2 heterocycles. The lowest BCUT2D eigenvalue weighted by Gasteiger charge is -2.12. The fraction of sp³-hybridized carbons (Fsp3) is 0.308. The van der Waals surface area contributed by atoms with E-state index in [1.807, 2.05) is 6.92 Å². The lowest BCUT2D eigenvalue weighted by molar-refractivity contribution is 0.600. The smallest absolute Gasteiger partial charge is 0.267 e. The molecule has 7 nitrogen and oxygen atoms in total. The Labute approximate surface area is 123 Å². The van der Waals surface area contributed by atoms with Crippen LogP contribution in [0.25, 0.3) is 0 Å². The predicted molar refractivity (Wildman–Crippen MR) is 80.7 cm³/mol. The molecule has 0 fully saturated rings. The van der Waals surface area contributed by atoms with Crippen LogP contribution < -0.4 is 10.0 Å². The Kier molecular flexibility index (Phi) is 4.37. The summed E-state index contributed by atoms with van der Waals surface area (Å²) in [6.45, 7) is 6.05. The van der Waals surface area contributed by atoms with Gasteiger partial charge in [0, 0.05) is 30.3 Å². The number of hydrogen-bond donors (Lipinski definition) is 2. The van der Waals surface area contributed by atoms with Crippen LogP contribution in [-0.2, 0) is 10.0 Å². The van der Waals surface area contributed by atoms with Gasteiger partial charge in [-0.25, -0.2) is 23.1 Å². The van der Waals surface area contributed by atoms with Crippen molar-refractivity contribution in [2.75, 3.05) is 16.6 Å². The van der Waals surface area contributed by atoms with E-state index in [0.29, 0.717) is 23.6 Å². The highest BCUT2D eigenvalue weighted by atomic mass is 32.2. The van der Waals surface area contributed by atoms with E-state index < -0.39 is 10.0 Å². The highest BCUT2D eigenvalue weighted by Gasteiger charge is 2.20. The van der Waals surface area contributed by atoms with Crippen molar-refractivity contribution in [3.05, 3.63) is 35.9 Å². The van der Waals surface area contributed by atoms with Crippen molar-refractivity contribution < 1.29 is 8.42 Å². The lowest BCUT2D eigenvalue weighted by Crippen LogP contribution is -2.17. The molecule has 0 aliphatic heterocycles. The summed E-state index contributed by atoms with van der Waals surface area (Å²) in [7, 11) is -3.80. The Balaban J connectivity index is 2.38. The van der Waals surface area contributed by atoms with Gasteiger partial charge in [0.25, 0.3) is 10.0 Å². The molecule has 0 saturated carbocycles. The third-order valence-electron chi connectivity index (χ3n) is 2.65. The molecule has 0 aliphatic carbocycles. The van der Waals surface area contributed by atoms with E-state index in [1.54, 1.807) is 26.0 Å². The van der Waals surface area contributed by atoms with Crippen LogP contribution in [0.4, 0.5) is 11.6 Å². The Morgan fingerprint density at radius 2 is 1.86 bits per heavy atom. The maximum atomic E-state index is 12.4. The largest absolute Gasteiger partial charge is 0.384 e. The predicted octanol–water partition coefficient (Wildman–Crippen LogP) is 1.72. The summed E-state index contributed by atoms with van der Waals surface area (Å²) in [6.07, 6.45) is 2.83. The van der Waals surface area contributed by atoms with Crippen LogP contribution in [0.2, 0.25) is 0 Å². The highest BCUT2D eigenvalue weighted by molar-refractivity contribution is 7.92. The van der Waals surface area contributed by atoms with Gasteiger partial charge in [0.1, 0.15) is 4.90 Å². The standard InChI is InChI=1S/C13H17N5O2S/c1-4-15-11-5-6-14-8-12(11)21(19,20)18-13-16-9(2)7-10(3)17-13/h5-8H,4H2,1-3H3,(H,14,15)(H,16,17,18). The molecular formula is C13H17N5O2S. The molecule has 0 bridgehead atoms. The minimum absolute atomic E-state index is 0.0544. The molecule has 2 aromatic heterocycles. The topological polar surface area (TPSA) is 96.9 Å². The van der Waals surface area contributed by atoms with Crippen LogP contribution in [-0.4, -0.2) is 29.9 Å². The van der Waals surface area contributed by atoms with Crippen LogP contribution in [0.5, 0.6) is 0 Å². The molecule has 8 heteroatoms. The SMILES string of the molecule is CCNc1ccncc1S(=O)(=O)Nc1nc(C)cc(C)n1. The quantitative estimate of drug-likeness (QED) is 0.873. The van der Waals surface area contributed by atoms with Gasteiger partial charge in [-0.2, -0.15) is 0 Å². The number of nitrogens with one attached hydrogen (secondary N) is 2. The summed E-state index contributed by atoms with van der Waals surface area (Å²) in [5.41, 5.74) is 1.88. The van der Waals surface area contributed by atoms with Crippen LogP contribution in [0.15, 0.2) is 29.4 Å². The third kappa shape index (κ3) is 3.66. The van der Waals surface area contributed by atoms with Gasteiger partial charge in [0.05, 0.1) is 5.69 Å². The van der Waals surface area contributed by atoms with Crippen molar-refractivity contribution in [3.8, 4) is 0 Å². The molecule has 2 rings (SSSR count). The molecule has 0 spiro atoms. The highest BCUT2D eigenvalue weighted by Crippen LogP contribution is 2.21. The summed E-state index contributed by atoms with van der Waals surface area (Å²) in [5, 5.41) is 2.99. The summed E-state index contributed by atoms with van der Waals surface area (Å²) >= 11 is 0. The second-order valence-corrected chi connectivity index (χ2v) is 6.13. The number of aromatic nitrogens is 3. The number of aryl methyl sites for hydroxylation is 2. The lowest BCUT2D eigenvalue weighted by atomic mass is 10.4. The Hall–Kier alpha value is -2.22. The van der Waals surface area contributed by atoms with Crippen LogP contribution in [0.1, 0.15) is 18.3 Å². The third-order valence-corrected chi connectivity index (χ3v) is 4.00. The average molecular weight is 307 g/mol. The van der Waals surface area contributed by atoms with Gasteiger partial charge in [-0.15, -0.1) is 0 Å². The minimum Gasteiger partial charge on any atom is -0.384 e. The van der Waals surface area contributed by atoms with Gasteiger partial charge in [-0.1, -0.05) is 0 Å². The Morgan fingerprint density at radius 1 is 1.19 bits per heavy atom. The molecule has 112 valence electrons. The van der Waals surface area contributed by atoms with Crippen LogP contribution in [0, 0.1) is 13.8 Å². The first-order valence-electron chi connectivity index (χ1n) is 6.45. The maximum Gasteiger partial charge on any atom is 0.267 e. The summed E-state index contributed by atoms with van der Waals surface area (Å²) in [6, 6.07) is 3.38. The van der Waals surface area contributed by atoms with Gasteiger partial charge in [-0.3, -0.25) is 4.98 Å². The first kappa shape index (κ1) is 15.2. The first-order valence-corrected chi connectivity index (χ1v) is 7.93. The minimum atomic E-state index is -3.80. The number of hydrogen-bond acceptors (Lipinski definition) is 6. The number of rotatable bonds is 5. The fourth-order valence-electron chi connectivity index (χ4n) is 1.88. The zero-order valence-electron chi connectivity index (χ0n) is 12.1. The van der Waals surface area contributed by atoms with E-state index in [-0.39, 0.29) is 10.8 Å². The number of nitrogens with zero attached hydrogens (tertiary/aromatic N) is 3. The number of anilines is 2. The molecule has 0 amide bonds. The van der Waals surface area contributed by atoms with Crippen molar-refractivity contribution in [3.63, 3.8) is 0 Å². The van der Waals surface area contributed by atoms with E-state index in [0.717, 1.165) is 0 Å². The van der Waals surface area contributed by atoms with Gasteiger partial charge < -0.3 is 5.32 Å². The Bertz CT molecular complexity index is 726. The molecule has 2 N–H and O–H groups in total. The van der Waals surface area contributed by atoms with E-state index in [1.165, 1.54) is 12.4 Å². The summed E-state index contributed by atoms with van der Waals surface area (Å²) in [4.78, 5) is 12.1. The molecule has 0 unspecified atom stereocenters. The van der Waals surface area contributed by atoms with Crippen LogP contribution in [0.3, 0.4) is 0 Å². The second-order valence-electron chi connectivity index (χ2n) is 4.48. The van der Waals surface area contributed by atoms with Crippen molar-refractivity contribution in [1.82, 2.24) is 15.0 Å². The van der Waals surface area contributed by atoms with Crippen molar-refractivity contribution >= 4 is 21.7 Å². The fourth-order valence-corrected chi connectivity index (χ4v) is 2.95. The first-order chi connectivity index (χ1) is 9.92. The van der Waals surface area contributed by atoms with Gasteiger partial charge >= 0.3 is 0 Å².